The summed E-state index contributed by atoms with van der Waals surface area (Å²) in [6, 6.07) is 1.89. The molecule has 0 spiro atoms. The SMILES string of the molecule is CCCNc1cc(C)ncc1C(=O)N(C)CCC(C)O. The van der Waals surface area contributed by atoms with Gasteiger partial charge >= 0.3 is 0 Å². The normalized spacial score (nSPS) is 12.1. The first-order chi connectivity index (χ1) is 9.45. The van der Waals surface area contributed by atoms with Crippen LogP contribution >= 0.6 is 0 Å². The van der Waals surface area contributed by atoms with E-state index in [-0.39, 0.29) is 5.91 Å². The number of pyridine rings is 1. The fraction of sp³-hybridized carbons (Fsp3) is 0.600. The van der Waals surface area contributed by atoms with Crippen LogP contribution in [0.5, 0.6) is 0 Å². The summed E-state index contributed by atoms with van der Waals surface area (Å²) in [5, 5.41) is 12.6. The molecule has 112 valence electrons. The topological polar surface area (TPSA) is 65.5 Å². The summed E-state index contributed by atoms with van der Waals surface area (Å²) in [6.07, 6.45) is 2.78. The molecular weight excluding hydrogens is 254 g/mol. The molecule has 1 unspecified atom stereocenters. The molecule has 1 rings (SSSR count). The van der Waals surface area contributed by atoms with Gasteiger partial charge in [0.25, 0.3) is 5.91 Å². The van der Waals surface area contributed by atoms with E-state index in [0.717, 1.165) is 24.3 Å². The zero-order valence-corrected chi connectivity index (χ0v) is 12.8. The number of aryl methyl sites for hydroxylation is 1. The number of rotatable bonds is 7. The molecule has 0 fully saturated rings. The van der Waals surface area contributed by atoms with Crippen LogP contribution in [-0.4, -0.2) is 47.1 Å². The van der Waals surface area contributed by atoms with Crippen molar-refractivity contribution in [2.45, 2.75) is 39.7 Å². The molecule has 0 radical (unpaired) electrons. The number of aliphatic hydroxyl groups excluding tert-OH is 1. The van der Waals surface area contributed by atoms with Crippen LogP contribution in [-0.2, 0) is 0 Å². The number of hydrogen-bond acceptors (Lipinski definition) is 4. The van der Waals surface area contributed by atoms with Gasteiger partial charge in [0, 0.05) is 32.0 Å². The summed E-state index contributed by atoms with van der Waals surface area (Å²) in [5.74, 6) is -0.0725. The average Bonchev–Trinajstić information content (AvgIpc) is 2.41. The highest BCUT2D eigenvalue weighted by molar-refractivity contribution is 5.99. The minimum Gasteiger partial charge on any atom is -0.393 e. The van der Waals surface area contributed by atoms with Crippen molar-refractivity contribution in [2.24, 2.45) is 0 Å². The van der Waals surface area contributed by atoms with Gasteiger partial charge in [-0.15, -0.1) is 0 Å². The van der Waals surface area contributed by atoms with Gasteiger partial charge in [-0.2, -0.15) is 0 Å². The van der Waals surface area contributed by atoms with Crippen molar-refractivity contribution in [2.75, 3.05) is 25.5 Å². The lowest BCUT2D eigenvalue weighted by atomic mass is 10.1. The summed E-state index contributed by atoms with van der Waals surface area (Å²) < 4.78 is 0. The summed E-state index contributed by atoms with van der Waals surface area (Å²) in [5.41, 5.74) is 2.29. The van der Waals surface area contributed by atoms with E-state index in [2.05, 4.69) is 17.2 Å². The lowest BCUT2D eigenvalue weighted by molar-refractivity contribution is 0.0769. The summed E-state index contributed by atoms with van der Waals surface area (Å²) in [6.45, 7) is 7.05. The molecule has 20 heavy (non-hydrogen) atoms. The van der Waals surface area contributed by atoms with Gasteiger partial charge in [0.15, 0.2) is 0 Å². The second kappa shape index (κ2) is 7.85. The highest BCUT2D eigenvalue weighted by Crippen LogP contribution is 2.17. The van der Waals surface area contributed by atoms with Gasteiger partial charge < -0.3 is 15.3 Å². The van der Waals surface area contributed by atoms with E-state index >= 15 is 0 Å². The van der Waals surface area contributed by atoms with E-state index < -0.39 is 6.10 Å². The minimum absolute atomic E-state index is 0.0725. The van der Waals surface area contributed by atoms with E-state index in [9.17, 15) is 9.90 Å². The Bertz CT molecular complexity index is 447. The number of aromatic nitrogens is 1. The summed E-state index contributed by atoms with van der Waals surface area (Å²) in [4.78, 5) is 18.2. The number of carbonyl (C=O) groups is 1. The summed E-state index contributed by atoms with van der Waals surface area (Å²) in [7, 11) is 1.74. The molecule has 1 heterocycles. The van der Waals surface area contributed by atoms with Gasteiger partial charge in [-0.1, -0.05) is 6.92 Å². The maximum absolute atomic E-state index is 12.4. The molecule has 0 saturated carbocycles. The third-order valence-corrected chi connectivity index (χ3v) is 3.07. The van der Waals surface area contributed by atoms with Crippen LogP contribution in [0, 0.1) is 6.92 Å². The molecule has 1 atom stereocenters. The Labute approximate surface area is 121 Å². The molecule has 0 aliphatic rings. The zero-order valence-electron chi connectivity index (χ0n) is 12.8. The van der Waals surface area contributed by atoms with Crippen molar-refractivity contribution in [3.63, 3.8) is 0 Å². The molecule has 1 aromatic rings. The highest BCUT2D eigenvalue weighted by atomic mass is 16.3. The number of nitrogens with zero attached hydrogens (tertiary/aromatic N) is 2. The Morgan fingerprint density at radius 2 is 2.25 bits per heavy atom. The lowest BCUT2D eigenvalue weighted by Gasteiger charge is -2.20. The number of anilines is 1. The molecule has 2 N–H and O–H groups in total. The van der Waals surface area contributed by atoms with Crippen LogP contribution in [0.1, 0.15) is 42.7 Å². The van der Waals surface area contributed by atoms with Crippen molar-refractivity contribution >= 4 is 11.6 Å². The van der Waals surface area contributed by atoms with Gasteiger partial charge in [0.1, 0.15) is 0 Å². The van der Waals surface area contributed by atoms with Crippen LogP contribution in [0.4, 0.5) is 5.69 Å². The highest BCUT2D eigenvalue weighted by Gasteiger charge is 2.16. The number of carbonyl (C=O) groups excluding carboxylic acids is 1. The van der Waals surface area contributed by atoms with Crippen molar-refractivity contribution in [1.29, 1.82) is 0 Å². The smallest absolute Gasteiger partial charge is 0.257 e. The Morgan fingerprint density at radius 1 is 1.55 bits per heavy atom. The van der Waals surface area contributed by atoms with Crippen molar-refractivity contribution in [1.82, 2.24) is 9.88 Å². The molecule has 5 heteroatoms. The second-order valence-corrected chi connectivity index (χ2v) is 5.16. The Kier molecular flexibility index (Phi) is 6.45. The molecule has 0 aliphatic heterocycles. The van der Waals surface area contributed by atoms with Crippen molar-refractivity contribution in [3.8, 4) is 0 Å². The Balaban J connectivity index is 2.85. The van der Waals surface area contributed by atoms with Crippen LogP contribution in [0.25, 0.3) is 0 Å². The monoisotopic (exact) mass is 279 g/mol. The first kappa shape index (κ1) is 16.4. The average molecular weight is 279 g/mol. The quantitative estimate of drug-likeness (QED) is 0.802. The summed E-state index contributed by atoms with van der Waals surface area (Å²) >= 11 is 0. The van der Waals surface area contributed by atoms with E-state index in [1.165, 1.54) is 0 Å². The van der Waals surface area contributed by atoms with Gasteiger partial charge in [-0.05, 0) is 32.8 Å². The number of nitrogens with one attached hydrogen (secondary N) is 1. The zero-order chi connectivity index (χ0) is 15.1. The second-order valence-electron chi connectivity index (χ2n) is 5.16. The maximum Gasteiger partial charge on any atom is 0.257 e. The molecular formula is C15H25N3O2. The first-order valence-electron chi connectivity index (χ1n) is 7.09. The largest absolute Gasteiger partial charge is 0.393 e. The van der Waals surface area contributed by atoms with E-state index in [1.807, 2.05) is 13.0 Å². The number of aliphatic hydroxyl groups is 1. The number of amides is 1. The molecule has 1 amide bonds. The molecule has 0 bridgehead atoms. The van der Waals surface area contributed by atoms with Gasteiger partial charge in [0.2, 0.25) is 0 Å². The maximum atomic E-state index is 12.4. The van der Waals surface area contributed by atoms with Crippen LogP contribution in [0.3, 0.4) is 0 Å². The Morgan fingerprint density at radius 3 is 2.85 bits per heavy atom. The molecule has 0 aliphatic carbocycles. The fourth-order valence-electron chi connectivity index (χ4n) is 1.82. The fourth-order valence-corrected chi connectivity index (χ4v) is 1.82. The third-order valence-electron chi connectivity index (χ3n) is 3.07. The van der Waals surface area contributed by atoms with E-state index in [1.54, 1.807) is 25.1 Å². The van der Waals surface area contributed by atoms with E-state index in [4.69, 9.17) is 0 Å². The molecule has 5 nitrogen and oxygen atoms in total. The number of hydrogen-bond donors (Lipinski definition) is 2. The Hall–Kier alpha value is -1.62. The minimum atomic E-state index is -0.404. The van der Waals surface area contributed by atoms with Gasteiger partial charge in [-0.25, -0.2) is 0 Å². The van der Waals surface area contributed by atoms with Crippen LogP contribution < -0.4 is 5.32 Å². The molecule has 1 aromatic heterocycles. The predicted octanol–water partition coefficient (Wildman–Crippen LogP) is 2.05. The molecule has 0 aromatic carbocycles. The van der Waals surface area contributed by atoms with Crippen molar-refractivity contribution < 1.29 is 9.90 Å². The van der Waals surface area contributed by atoms with Gasteiger partial charge in [-0.3, -0.25) is 9.78 Å². The van der Waals surface area contributed by atoms with Gasteiger partial charge in [0.05, 0.1) is 17.4 Å². The van der Waals surface area contributed by atoms with E-state index in [0.29, 0.717) is 18.5 Å². The lowest BCUT2D eigenvalue weighted by Crippen LogP contribution is -2.30. The van der Waals surface area contributed by atoms with Crippen LogP contribution in [0.15, 0.2) is 12.3 Å². The third kappa shape index (κ3) is 4.81. The molecule has 0 saturated heterocycles. The predicted molar refractivity (Wildman–Crippen MR) is 81.0 cm³/mol. The van der Waals surface area contributed by atoms with Crippen molar-refractivity contribution in [3.05, 3.63) is 23.5 Å². The van der Waals surface area contributed by atoms with Crippen LogP contribution in [0.2, 0.25) is 0 Å². The standard InChI is InChI=1S/C15H25N3O2/c1-5-7-16-14-9-11(2)17-10-13(14)15(20)18(4)8-6-12(3)19/h9-10,12,19H,5-8H2,1-4H3,(H,16,17). The first-order valence-corrected chi connectivity index (χ1v) is 7.09.